The molecule has 0 radical (unpaired) electrons. The predicted octanol–water partition coefficient (Wildman–Crippen LogP) is 2.78. The van der Waals surface area contributed by atoms with E-state index < -0.39 is 12.3 Å². The summed E-state index contributed by atoms with van der Waals surface area (Å²) in [5, 5.41) is 10.3. The number of carbonyl (C=O) groups is 1. The van der Waals surface area contributed by atoms with E-state index in [1.54, 1.807) is 13.1 Å². The van der Waals surface area contributed by atoms with Gasteiger partial charge < -0.3 is 10.1 Å². The molecular weight excluding hydrogens is 399 g/mol. The molecule has 1 aromatic heterocycles. The number of halogens is 4. The lowest BCUT2D eigenvalue weighted by Gasteiger charge is -2.19. The Morgan fingerprint density at radius 1 is 1.36 bits per heavy atom. The van der Waals surface area contributed by atoms with Gasteiger partial charge in [-0.1, -0.05) is 12.1 Å². The zero-order valence-corrected chi connectivity index (χ0v) is 15.9. The highest BCUT2D eigenvalue weighted by atomic mass is 35.5. The molecule has 1 saturated heterocycles. The molecule has 154 valence electrons. The average Bonchev–Trinajstić information content (AvgIpc) is 2.95. The molecule has 2 aromatic rings. The Kier molecular flexibility index (Phi) is 7.25. The molecule has 0 unspecified atom stereocenters. The second-order valence-electron chi connectivity index (χ2n) is 6.36. The third-order valence-electron chi connectivity index (χ3n) is 4.23. The van der Waals surface area contributed by atoms with Crippen LogP contribution in [0.2, 0.25) is 0 Å². The predicted molar refractivity (Wildman–Crippen MR) is 98.6 cm³/mol. The van der Waals surface area contributed by atoms with E-state index in [-0.39, 0.29) is 30.5 Å². The molecule has 1 amide bonds. The molecule has 3 rings (SSSR count). The van der Waals surface area contributed by atoms with Crippen molar-refractivity contribution in [3.05, 3.63) is 35.7 Å². The summed E-state index contributed by atoms with van der Waals surface area (Å²) in [5.74, 6) is 0.497. The summed E-state index contributed by atoms with van der Waals surface area (Å²) in [7, 11) is 1.69. The monoisotopic (exact) mass is 419 g/mol. The molecule has 1 aliphatic heterocycles. The largest absolute Gasteiger partial charge is 0.573 e. The molecule has 1 aromatic carbocycles. The smallest absolute Gasteiger partial charge is 0.406 e. The Balaban J connectivity index is 0.00000280. The van der Waals surface area contributed by atoms with Gasteiger partial charge in [0.15, 0.2) is 5.82 Å². The van der Waals surface area contributed by atoms with E-state index in [1.807, 2.05) is 0 Å². The fourth-order valence-corrected chi connectivity index (χ4v) is 2.97. The van der Waals surface area contributed by atoms with Crippen LogP contribution in [0.1, 0.15) is 30.1 Å². The summed E-state index contributed by atoms with van der Waals surface area (Å²) in [6.45, 7) is 1.81. The van der Waals surface area contributed by atoms with Crippen molar-refractivity contribution in [2.24, 2.45) is 7.05 Å². The number of aromatic nitrogens is 3. The molecular formula is C17H21ClF3N5O2. The van der Waals surface area contributed by atoms with E-state index in [4.69, 9.17) is 0 Å². The second kappa shape index (κ2) is 9.24. The first-order chi connectivity index (χ1) is 12.8. The van der Waals surface area contributed by atoms with E-state index in [1.165, 1.54) is 22.9 Å². The number of rotatable bonds is 5. The molecule has 28 heavy (non-hydrogen) atoms. The van der Waals surface area contributed by atoms with E-state index in [2.05, 4.69) is 25.5 Å². The van der Waals surface area contributed by atoms with Gasteiger partial charge in [0.2, 0.25) is 11.9 Å². The van der Waals surface area contributed by atoms with E-state index in [0.717, 1.165) is 25.9 Å². The van der Waals surface area contributed by atoms with Gasteiger partial charge in [-0.3, -0.25) is 10.1 Å². The van der Waals surface area contributed by atoms with Crippen molar-refractivity contribution in [3.63, 3.8) is 0 Å². The summed E-state index contributed by atoms with van der Waals surface area (Å²) >= 11 is 0. The van der Waals surface area contributed by atoms with Crippen molar-refractivity contribution < 1.29 is 22.7 Å². The molecule has 0 aliphatic carbocycles. The van der Waals surface area contributed by atoms with Gasteiger partial charge in [0.1, 0.15) is 5.75 Å². The minimum atomic E-state index is -4.77. The van der Waals surface area contributed by atoms with Gasteiger partial charge in [0, 0.05) is 13.0 Å². The highest BCUT2D eigenvalue weighted by Gasteiger charge is 2.31. The number of benzene rings is 1. The van der Waals surface area contributed by atoms with Crippen LogP contribution in [0, 0.1) is 0 Å². The maximum atomic E-state index is 12.3. The van der Waals surface area contributed by atoms with Crippen molar-refractivity contribution in [1.82, 2.24) is 20.1 Å². The minimum Gasteiger partial charge on any atom is -0.406 e. The number of hydrogen-bond acceptors (Lipinski definition) is 5. The Labute approximate surface area is 166 Å². The lowest BCUT2D eigenvalue weighted by molar-refractivity contribution is -0.274. The number of ether oxygens (including phenoxy) is 1. The maximum absolute atomic E-state index is 12.3. The molecule has 11 heteroatoms. The summed E-state index contributed by atoms with van der Waals surface area (Å²) in [6.07, 6.45) is -3.01. The highest BCUT2D eigenvalue weighted by Crippen LogP contribution is 2.24. The SMILES string of the molecule is Cl.Cn1nc(C2CCNCC2)nc1NC(=O)Cc1cccc(OC(F)(F)F)c1. The molecule has 1 fully saturated rings. The van der Waals surface area contributed by atoms with Gasteiger partial charge in [-0.15, -0.1) is 25.6 Å². The van der Waals surface area contributed by atoms with E-state index in [0.29, 0.717) is 17.3 Å². The number of anilines is 1. The second-order valence-corrected chi connectivity index (χ2v) is 6.36. The minimum absolute atomic E-state index is 0. The van der Waals surface area contributed by atoms with Crippen molar-refractivity contribution in [2.45, 2.75) is 31.5 Å². The van der Waals surface area contributed by atoms with Gasteiger partial charge in [-0.2, -0.15) is 10.1 Å². The first kappa shape index (κ1) is 22.0. The quantitative estimate of drug-likeness (QED) is 0.779. The number of amides is 1. The molecule has 0 saturated carbocycles. The Morgan fingerprint density at radius 3 is 2.75 bits per heavy atom. The van der Waals surface area contributed by atoms with Crippen LogP contribution in [0.15, 0.2) is 24.3 Å². The number of alkyl halides is 3. The zero-order valence-electron chi connectivity index (χ0n) is 15.1. The lowest BCUT2D eigenvalue weighted by Crippen LogP contribution is -2.27. The average molecular weight is 420 g/mol. The van der Waals surface area contributed by atoms with Gasteiger partial charge >= 0.3 is 6.36 Å². The molecule has 0 bridgehead atoms. The van der Waals surface area contributed by atoms with Crippen molar-refractivity contribution in [3.8, 4) is 5.75 Å². The van der Waals surface area contributed by atoms with Crippen LogP contribution in [0.5, 0.6) is 5.75 Å². The van der Waals surface area contributed by atoms with Crippen molar-refractivity contribution in [1.29, 1.82) is 0 Å². The fourth-order valence-electron chi connectivity index (χ4n) is 2.97. The van der Waals surface area contributed by atoms with Crippen molar-refractivity contribution >= 4 is 24.3 Å². The summed E-state index contributed by atoms with van der Waals surface area (Å²) in [5.41, 5.74) is 0.398. The molecule has 1 aliphatic rings. The molecule has 2 N–H and O–H groups in total. The van der Waals surface area contributed by atoms with Crippen molar-refractivity contribution in [2.75, 3.05) is 18.4 Å². The highest BCUT2D eigenvalue weighted by molar-refractivity contribution is 5.90. The van der Waals surface area contributed by atoms with Crippen LogP contribution in [-0.4, -0.2) is 40.1 Å². The number of nitrogens with one attached hydrogen (secondary N) is 2. The number of carbonyl (C=O) groups excluding carboxylic acids is 1. The standard InChI is InChI=1S/C17H20F3N5O2.ClH/c1-25-16(23-15(24-25)12-5-7-21-8-6-12)22-14(26)10-11-3-2-4-13(9-11)27-17(18,19)20;/h2-4,9,12,21H,5-8,10H2,1H3,(H,22,23,24,26);1H. The Hall–Kier alpha value is -2.33. The number of aryl methyl sites for hydroxylation is 1. The number of piperidine rings is 1. The number of nitrogens with zero attached hydrogens (tertiary/aromatic N) is 3. The summed E-state index contributed by atoms with van der Waals surface area (Å²) < 4.78 is 42.3. The first-order valence-corrected chi connectivity index (χ1v) is 8.56. The normalized spacial score (nSPS) is 15.0. The first-order valence-electron chi connectivity index (χ1n) is 8.56. The fraction of sp³-hybridized carbons (Fsp3) is 0.471. The Bertz CT molecular complexity index is 806. The summed E-state index contributed by atoms with van der Waals surface area (Å²) in [6, 6.07) is 5.33. The van der Waals surface area contributed by atoms with Crippen LogP contribution in [0.25, 0.3) is 0 Å². The molecule has 0 atom stereocenters. The van der Waals surface area contributed by atoms with Crippen LogP contribution < -0.4 is 15.4 Å². The lowest BCUT2D eigenvalue weighted by atomic mass is 9.98. The zero-order chi connectivity index (χ0) is 19.4. The molecule has 2 heterocycles. The topological polar surface area (TPSA) is 81.1 Å². The third-order valence-corrected chi connectivity index (χ3v) is 4.23. The van der Waals surface area contributed by atoms with Gasteiger partial charge in [-0.05, 0) is 43.6 Å². The van der Waals surface area contributed by atoms with E-state index >= 15 is 0 Å². The van der Waals surface area contributed by atoms with Crippen LogP contribution >= 0.6 is 12.4 Å². The Morgan fingerprint density at radius 2 is 2.07 bits per heavy atom. The third kappa shape index (κ3) is 6.10. The molecule has 0 spiro atoms. The van der Waals surface area contributed by atoms with Gasteiger partial charge in [-0.25, -0.2) is 4.68 Å². The molecule has 7 nitrogen and oxygen atoms in total. The van der Waals surface area contributed by atoms with Gasteiger partial charge in [0.25, 0.3) is 0 Å². The van der Waals surface area contributed by atoms with E-state index in [9.17, 15) is 18.0 Å². The van der Waals surface area contributed by atoms with Crippen LogP contribution in [-0.2, 0) is 18.3 Å². The maximum Gasteiger partial charge on any atom is 0.573 e. The summed E-state index contributed by atoms with van der Waals surface area (Å²) in [4.78, 5) is 16.7. The number of hydrogen-bond donors (Lipinski definition) is 2. The van der Waals surface area contributed by atoms with Crippen LogP contribution in [0.4, 0.5) is 19.1 Å². The van der Waals surface area contributed by atoms with Gasteiger partial charge in [0.05, 0.1) is 6.42 Å². The van der Waals surface area contributed by atoms with Crippen LogP contribution in [0.3, 0.4) is 0 Å².